The molecule has 1 fully saturated rings. The van der Waals surface area contributed by atoms with Crippen molar-refractivity contribution in [3.05, 3.63) is 27.3 Å². The fourth-order valence-electron chi connectivity index (χ4n) is 2.63. The molecule has 0 saturated carbocycles. The van der Waals surface area contributed by atoms with Crippen LogP contribution in [0.3, 0.4) is 0 Å². The average molecular weight is 359 g/mol. The molecule has 0 bridgehead atoms. The van der Waals surface area contributed by atoms with Crippen LogP contribution in [0.25, 0.3) is 0 Å². The minimum absolute atomic E-state index is 0.0403. The van der Waals surface area contributed by atoms with Gasteiger partial charge in [-0.25, -0.2) is 0 Å². The molecular weight excluding hydrogens is 341 g/mol. The predicted molar refractivity (Wildman–Crippen MR) is 79.8 cm³/mol. The summed E-state index contributed by atoms with van der Waals surface area (Å²) in [5.74, 6) is 0.222. The summed E-state index contributed by atoms with van der Waals surface area (Å²) >= 11 is 2.05. The highest BCUT2D eigenvalue weighted by molar-refractivity contribution is 14.1. The number of benzene rings is 1. The van der Waals surface area contributed by atoms with Crippen molar-refractivity contribution in [2.45, 2.75) is 45.2 Å². The maximum absolute atomic E-state index is 12.5. The molecule has 1 aliphatic heterocycles. The summed E-state index contributed by atoms with van der Waals surface area (Å²) in [7, 11) is 0. The van der Waals surface area contributed by atoms with E-state index >= 15 is 0 Å². The number of carbonyl (C=O) groups is 1. The highest BCUT2D eigenvalue weighted by Crippen LogP contribution is 2.29. The third-order valence-electron chi connectivity index (χ3n) is 3.68. The fourth-order valence-corrected chi connectivity index (χ4v) is 2.97. The smallest absolute Gasteiger partial charge is 0.254 e. The molecule has 1 heterocycles. The Bertz CT molecular complexity index is 461. The number of hydrogen-bond acceptors (Lipinski definition) is 2. The zero-order valence-corrected chi connectivity index (χ0v) is 12.8. The first-order valence-electron chi connectivity index (χ1n) is 6.35. The van der Waals surface area contributed by atoms with E-state index in [9.17, 15) is 9.90 Å². The van der Waals surface area contributed by atoms with Crippen LogP contribution >= 0.6 is 22.6 Å². The molecule has 0 aromatic heterocycles. The Balaban J connectivity index is 2.27. The zero-order chi connectivity index (χ0) is 13.3. The molecule has 18 heavy (non-hydrogen) atoms. The average Bonchev–Trinajstić information content (AvgIpc) is 2.73. The van der Waals surface area contributed by atoms with E-state index in [2.05, 4.69) is 36.4 Å². The lowest BCUT2D eigenvalue weighted by molar-refractivity contribution is 0.0676. The Kier molecular flexibility index (Phi) is 4.14. The molecule has 1 N–H and O–H groups in total. The molecule has 1 aromatic rings. The van der Waals surface area contributed by atoms with E-state index in [4.69, 9.17) is 0 Å². The van der Waals surface area contributed by atoms with Gasteiger partial charge >= 0.3 is 0 Å². The molecule has 0 aliphatic carbocycles. The Hall–Kier alpha value is -0.780. The summed E-state index contributed by atoms with van der Waals surface area (Å²) in [5, 5.41) is 9.70. The lowest BCUT2D eigenvalue weighted by Gasteiger charge is -2.28. The number of phenolic OH excluding ortho intramolecular Hbond substituents is 1. The first-order chi connectivity index (χ1) is 8.54. The summed E-state index contributed by atoms with van der Waals surface area (Å²) in [4.78, 5) is 14.5. The molecule has 2 atom stereocenters. The van der Waals surface area contributed by atoms with Crippen molar-refractivity contribution in [1.82, 2.24) is 4.90 Å². The summed E-state index contributed by atoms with van der Waals surface area (Å²) in [5.41, 5.74) is 0.583. The molecular formula is C14H18INO2. The Labute approximate surface area is 121 Å². The van der Waals surface area contributed by atoms with Crippen molar-refractivity contribution in [3.8, 4) is 5.75 Å². The van der Waals surface area contributed by atoms with E-state index < -0.39 is 0 Å². The summed E-state index contributed by atoms with van der Waals surface area (Å²) in [6.07, 6.45) is 3.15. The minimum atomic E-state index is 0.0403. The number of phenols is 1. The second kappa shape index (κ2) is 5.47. The Morgan fingerprint density at radius 1 is 1.50 bits per heavy atom. The topological polar surface area (TPSA) is 40.5 Å². The molecule has 1 aliphatic rings. The summed E-state index contributed by atoms with van der Waals surface area (Å²) in [6, 6.07) is 5.78. The standard InChI is InChI=1S/C14H18INO2/c1-3-11-6-4-9(2)16(11)14(18)10-5-7-12(15)13(17)8-10/h5,7-9,11,17H,3-4,6H2,1-2H3. The number of hydrogen-bond donors (Lipinski definition) is 1. The van der Waals surface area contributed by atoms with E-state index in [0.717, 1.165) is 22.8 Å². The Morgan fingerprint density at radius 2 is 2.22 bits per heavy atom. The van der Waals surface area contributed by atoms with Crippen LogP contribution in [0.1, 0.15) is 43.5 Å². The van der Waals surface area contributed by atoms with Crippen molar-refractivity contribution in [3.63, 3.8) is 0 Å². The van der Waals surface area contributed by atoms with Gasteiger partial charge in [0.2, 0.25) is 0 Å². The largest absolute Gasteiger partial charge is 0.507 e. The lowest BCUT2D eigenvalue weighted by atomic mass is 10.1. The maximum atomic E-state index is 12.5. The third-order valence-corrected chi connectivity index (χ3v) is 4.60. The van der Waals surface area contributed by atoms with Crippen LogP contribution in [-0.2, 0) is 0 Å². The minimum Gasteiger partial charge on any atom is -0.507 e. The SMILES string of the molecule is CCC1CCC(C)N1C(=O)c1ccc(I)c(O)c1. The number of likely N-dealkylation sites (tertiary alicyclic amines) is 1. The van der Waals surface area contributed by atoms with E-state index in [1.165, 1.54) is 0 Å². The van der Waals surface area contributed by atoms with Crippen molar-refractivity contribution >= 4 is 28.5 Å². The van der Waals surface area contributed by atoms with Crippen LogP contribution in [0.2, 0.25) is 0 Å². The van der Waals surface area contributed by atoms with E-state index in [0.29, 0.717) is 17.6 Å². The van der Waals surface area contributed by atoms with Crippen molar-refractivity contribution in [1.29, 1.82) is 0 Å². The van der Waals surface area contributed by atoms with Crippen molar-refractivity contribution in [2.24, 2.45) is 0 Å². The van der Waals surface area contributed by atoms with E-state index in [1.54, 1.807) is 18.2 Å². The van der Waals surface area contributed by atoms with Gasteiger partial charge < -0.3 is 10.0 Å². The number of aromatic hydroxyl groups is 1. The second-order valence-electron chi connectivity index (χ2n) is 4.87. The van der Waals surface area contributed by atoms with Crippen LogP contribution in [0.4, 0.5) is 0 Å². The highest BCUT2D eigenvalue weighted by atomic mass is 127. The quantitative estimate of drug-likeness (QED) is 0.823. The number of halogens is 1. The fraction of sp³-hybridized carbons (Fsp3) is 0.500. The van der Waals surface area contributed by atoms with Crippen LogP contribution in [0.15, 0.2) is 18.2 Å². The van der Waals surface area contributed by atoms with Crippen LogP contribution in [-0.4, -0.2) is 28.0 Å². The summed E-state index contributed by atoms with van der Waals surface area (Å²) in [6.45, 7) is 4.22. The normalized spacial score (nSPS) is 23.4. The van der Waals surface area contributed by atoms with Crippen LogP contribution < -0.4 is 0 Å². The van der Waals surface area contributed by atoms with Crippen molar-refractivity contribution < 1.29 is 9.90 Å². The predicted octanol–water partition coefficient (Wildman–Crippen LogP) is 3.40. The lowest BCUT2D eigenvalue weighted by Crippen LogP contribution is -2.39. The Morgan fingerprint density at radius 3 is 2.83 bits per heavy atom. The number of carbonyl (C=O) groups excluding carboxylic acids is 1. The molecule has 4 heteroatoms. The molecule has 3 nitrogen and oxygen atoms in total. The number of amides is 1. The van der Waals surface area contributed by atoms with Gasteiger partial charge in [0, 0.05) is 17.6 Å². The second-order valence-corrected chi connectivity index (χ2v) is 6.03. The molecule has 98 valence electrons. The molecule has 1 saturated heterocycles. The van der Waals surface area contributed by atoms with Gasteiger partial charge in [-0.15, -0.1) is 0 Å². The molecule has 0 radical (unpaired) electrons. The first-order valence-corrected chi connectivity index (χ1v) is 7.43. The number of nitrogens with zero attached hydrogens (tertiary/aromatic N) is 1. The summed E-state index contributed by atoms with van der Waals surface area (Å²) < 4.78 is 0.769. The van der Waals surface area contributed by atoms with Crippen molar-refractivity contribution in [2.75, 3.05) is 0 Å². The van der Waals surface area contributed by atoms with Gasteiger partial charge in [0.25, 0.3) is 5.91 Å². The van der Waals surface area contributed by atoms with Gasteiger partial charge in [0.15, 0.2) is 0 Å². The highest BCUT2D eigenvalue weighted by Gasteiger charge is 2.33. The van der Waals surface area contributed by atoms with Gasteiger partial charge in [-0.1, -0.05) is 6.92 Å². The first kappa shape index (κ1) is 13.6. The van der Waals surface area contributed by atoms with E-state index in [1.807, 2.05) is 4.90 Å². The third kappa shape index (κ3) is 2.48. The van der Waals surface area contributed by atoms with E-state index in [-0.39, 0.29) is 11.7 Å². The molecule has 1 aromatic carbocycles. The van der Waals surface area contributed by atoms with Gasteiger partial charge in [-0.05, 0) is 67.0 Å². The zero-order valence-electron chi connectivity index (χ0n) is 10.7. The molecule has 0 spiro atoms. The monoisotopic (exact) mass is 359 g/mol. The van der Waals surface area contributed by atoms with Gasteiger partial charge in [0.1, 0.15) is 5.75 Å². The van der Waals surface area contributed by atoms with Gasteiger partial charge in [-0.3, -0.25) is 4.79 Å². The molecule has 2 unspecified atom stereocenters. The maximum Gasteiger partial charge on any atom is 0.254 e. The number of rotatable bonds is 2. The molecule has 2 rings (SSSR count). The van der Waals surface area contributed by atoms with Gasteiger partial charge in [0.05, 0.1) is 3.57 Å². The van der Waals surface area contributed by atoms with Gasteiger partial charge in [-0.2, -0.15) is 0 Å². The van der Waals surface area contributed by atoms with Crippen LogP contribution in [0.5, 0.6) is 5.75 Å². The molecule has 1 amide bonds. The van der Waals surface area contributed by atoms with Crippen LogP contribution in [0, 0.1) is 3.57 Å².